The van der Waals surface area contributed by atoms with E-state index in [0.717, 1.165) is 30.5 Å². The Bertz CT molecular complexity index is 611. The van der Waals surface area contributed by atoms with E-state index in [9.17, 15) is 13.2 Å². The zero-order chi connectivity index (χ0) is 17.6. The predicted octanol–water partition coefficient (Wildman–Crippen LogP) is 5.21. The molecular weight excluding hydrogens is 315 g/mol. The lowest BCUT2D eigenvalue weighted by atomic mass is 10.0. The molecular formula is C19H22F3NO. The van der Waals surface area contributed by atoms with Gasteiger partial charge in [0.1, 0.15) is 11.9 Å². The van der Waals surface area contributed by atoms with E-state index in [1.807, 2.05) is 37.4 Å². The van der Waals surface area contributed by atoms with Crippen molar-refractivity contribution in [3.05, 3.63) is 65.7 Å². The highest BCUT2D eigenvalue weighted by molar-refractivity contribution is 5.30. The molecule has 0 aliphatic rings. The van der Waals surface area contributed by atoms with Crippen molar-refractivity contribution in [1.82, 2.24) is 5.32 Å². The molecule has 1 N–H and O–H groups in total. The summed E-state index contributed by atoms with van der Waals surface area (Å²) in [4.78, 5) is 0. The van der Waals surface area contributed by atoms with E-state index in [1.54, 1.807) is 0 Å². The van der Waals surface area contributed by atoms with Gasteiger partial charge in [0.25, 0.3) is 0 Å². The molecule has 24 heavy (non-hydrogen) atoms. The molecule has 0 heterocycles. The highest BCUT2D eigenvalue weighted by Crippen LogP contribution is 2.32. The second-order valence-electron chi connectivity index (χ2n) is 5.81. The number of hydrogen-bond acceptors (Lipinski definition) is 2. The van der Waals surface area contributed by atoms with Crippen LogP contribution in [0.1, 0.15) is 37.0 Å². The summed E-state index contributed by atoms with van der Waals surface area (Å²) in [7, 11) is 1.90. The lowest BCUT2D eigenvalue weighted by molar-refractivity contribution is -0.137. The standard InChI is InChI=1S/C19H22F3NO/c1-14(23-2)8-13-18(15-6-4-3-5-7-15)24-17-11-9-16(10-12-17)19(20,21)22/h3-7,9-12,14,18,23H,8,13H2,1-2H3/t14-,18?/m0/s1. The molecule has 0 aliphatic carbocycles. The maximum absolute atomic E-state index is 12.6. The summed E-state index contributed by atoms with van der Waals surface area (Å²) in [6.07, 6.45) is -2.86. The molecule has 0 saturated carbocycles. The minimum atomic E-state index is -4.33. The molecule has 2 aromatic rings. The predicted molar refractivity (Wildman–Crippen MR) is 89.0 cm³/mol. The van der Waals surface area contributed by atoms with Crippen molar-refractivity contribution in [3.63, 3.8) is 0 Å². The van der Waals surface area contributed by atoms with Gasteiger partial charge < -0.3 is 10.1 Å². The first-order valence-corrected chi connectivity index (χ1v) is 7.96. The van der Waals surface area contributed by atoms with E-state index in [1.165, 1.54) is 12.1 Å². The van der Waals surface area contributed by atoms with E-state index in [4.69, 9.17) is 4.74 Å². The molecule has 0 bridgehead atoms. The normalized spacial score (nSPS) is 14.2. The van der Waals surface area contributed by atoms with Gasteiger partial charge in [-0.15, -0.1) is 0 Å². The average Bonchev–Trinajstić information content (AvgIpc) is 2.58. The van der Waals surface area contributed by atoms with Gasteiger partial charge in [-0.05, 0) is 56.6 Å². The minimum absolute atomic E-state index is 0.196. The lowest BCUT2D eigenvalue weighted by Crippen LogP contribution is -2.22. The second kappa shape index (κ2) is 8.20. The molecule has 0 saturated heterocycles. The summed E-state index contributed by atoms with van der Waals surface area (Å²) in [6.45, 7) is 2.08. The van der Waals surface area contributed by atoms with Gasteiger partial charge >= 0.3 is 6.18 Å². The van der Waals surface area contributed by atoms with Crippen LogP contribution in [-0.4, -0.2) is 13.1 Å². The van der Waals surface area contributed by atoms with Crippen molar-refractivity contribution in [1.29, 1.82) is 0 Å². The Morgan fingerprint density at radius 3 is 2.12 bits per heavy atom. The maximum Gasteiger partial charge on any atom is 0.416 e. The molecule has 2 nitrogen and oxygen atoms in total. The Balaban J connectivity index is 2.12. The van der Waals surface area contributed by atoms with Crippen LogP contribution in [0.2, 0.25) is 0 Å². The number of hydrogen-bond donors (Lipinski definition) is 1. The monoisotopic (exact) mass is 337 g/mol. The van der Waals surface area contributed by atoms with E-state index < -0.39 is 11.7 Å². The molecule has 1 unspecified atom stereocenters. The third-order valence-electron chi connectivity index (χ3n) is 3.99. The van der Waals surface area contributed by atoms with Crippen LogP contribution in [0.25, 0.3) is 0 Å². The Kier molecular flexibility index (Phi) is 6.26. The van der Waals surface area contributed by atoms with Gasteiger partial charge in [0.15, 0.2) is 0 Å². The smallest absolute Gasteiger partial charge is 0.416 e. The minimum Gasteiger partial charge on any atom is -0.486 e. The van der Waals surface area contributed by atoms with Gasteiger partial charge in [0, 0.05) is 6.04 Å². The number of alkyl halides is 3. The quantitative estimate of drug-likeness (QED) is 0.748. The van der Waals surface area contributed by atoms with Crippen molar-refractivity contribution in [2.24, 2.45) is 0 Å². The Morgan fingerprint density at radius 2 is 1.58 bits per heavy atom. The Morgan fingerprint density at radius 1 is 0.958 bits per heavy atom. The molecule has 0 spiro atoms. The fraction of sp³-hybridized carbons (Fsp3) is 0.368. The van der Waals surface area contributed by atoms with Gasteiger partial charge in [0.2, 0.25) is 0 Å². The molecule has 130 valence electrons. The van der Waals surface area contributed by atoms with Gasteiger partial charge in [-0.2, -0.15) is 13.2 Å². The van der Waals surface area contributed by atoms with Crippen LogP contribution >= 0.6 is 0 Å². The number of benzene rings is 2. The van der Waals surface area contributed by atoms with E-state index in [2.05, 4.69) is 12.2 Å². The first-order chi connectivity index (χ1) is 11.4. The Hall–Kier alpha value is -2.01. The number of ether oxygens (including phenoxy) is 1. The molecule has 2 aromatic carbocycles. The van der Waals surface area contributed by atoms with Gasteiger partial charge in [-0.3, -0.25) is 0 Å². The largest absolute Gasteiger partial charge is 0.486 e. The van der Waals surface area contributed by atoms with Crippen LogP contribution in [0.5, 0.6) is 5.75 Å². The fourth-order valence-corrected chi connectivity index (χ4v) is 2.39. The zero-order valence-electron chi connectivity index (χ0n) is 13.8. The number of halogens is 3. The lowest BCUT2D eigenvalue weighted by Gasteiger charge is -2.21. The SMILES string of the molecule is CN[C@@H](C)CCC(Oc1ccc(C(F)(F)F)cc1)c1ccccc1. The highest BCUT2D eigenvalue weighted by Gasteiger charge is 2.30. The van der Waals surface area contributed by atoms with Crippen LogP contribution in [0.15, 0.2) is 54.6 Å². The van der Waals surface area contributed by atoms with Crippen molar-refractivity contribution in [3.8, 4) is 5.75 Å². The first-order valence-electron chi connectivity index (χ1n) is 7.96. The van der Waals surface area contributed by atoms with Crippen LogP contribution in [-0.2, 0) is 6.18 Å². The van der Waals surface area contributed by atoms with Crippen LogP contribution in [0.3, 0.4) is 0 Å². The van der Waals surface area contributed by atoms with Gasteiger partial charge in [-0.25, -0.2) is 0 Å². The van der Waals surface area contributed by atoms with Gasteiger partial charge in [-0.1, -0.05) is 30.3 Å². The number of rotatable bonds is 7. The van der Waals surface area contributed by atoms with Crippen LogP contribution in [0.4, 0.5) is 13.2 Å². The van der Waals surface area contributed by atoms with Crippen molar-refractivity contribution in [2.45, 2.75) is 38.1 Å². The Labute approximate surface area is 140 Å². The maximum atomic E-state index is 12.6. The molecule has 0 fully saturated rings. The molecule has 5 heteroatoms. The third kappa shape index (κ3) is 5.27. The van der Waals surface area contributed by atoms with Crippen molar-refractivity contribution < 1.29 is 17.9 Å². The molecule has 0 aliphatic heterocycles. The van der Waals surface area contributed by atoms with E-state index in [0.29, 0.717) is 11.8 Å². The van der Waals surface area contributed by atoms with Crippen LogP contribution < -0.4 is 10.1 Å². The molecule has 2 rings (SSSR count). The second-order valence-corrected chi connectivity index (χ2v) is 5.81. The highest BCUT2D eigenvalue weighted by atomic mass is 19.4. The molecule has 0 amide bonds. The topological polar surface area (TPSA) is 21.3 Å². The third-order valence-corrected chi connectivity index (χ3v) is 3.99. The summed E-state index contributed by atoms with van der Waals surface area (Å²) in [5.74, 6) is 0.439. The zero-order valence-corrected chi connectivity index (χ0v) is 13.8. The van der Waals surface area contributed by atoms with Crippen molar-refractivity contribution >= 4 is 0 Å². The van der Waals surface area contributed by atoms with Gasteiger partial charge in [0.05, 0.1) is 5.56 Å². The fourth-order valence-electron chi connectivity index (χ4n) is 2.39. The first kappa shape index (κ1) is 18.3. The summed E-state index contributed by atoms with van der Waals surface area (Å²) in [6, 6.07) is 14.9. The van der Waals surface area contributed by atoms with E-state index in [-0.39, 0.29) is 6.10 Å². The number of nitrogens with one attached hydrogen (secondary N) is 1. The van der Waals surface area contributed by atoms with Crippen LogP contribution in [0, 0.1) is 0 Å². The molecule has 0 aromatic heterocycles. The molecule has 2 atom stereocenters. The summed E-state index contributed by atoms with van der Waals surface area (Å²) in [5.41, 5.74) is 0.343. The summed E-state index contributed by atoms with van der Waals surface area (Å²) < 4.78 is 43.9. The summed E-state index contributed by atoms with van der Waals surface area (Å²) in [5, 5.41) is 3.18. The van der Waals surface area contributed by atoms with Crippen molar-refractivity contribution in [2.75, 3.05) is 7.05 Å². The molecule has 0 radical (unpaired) electrons. The van der Waals surface area contributed by atoms with E-state index >= 15 is 0 Å². The summed E-state index contributed by atoms with van der Waals surface area (Å²) >= 11 is 0. The average molecular weight is 337 g/mol.